The SMILES string of the molecule is COc1cc(CC(=O)N2CCC3(CC2)OCc2cc(-c4ccccc4)ccc2O3)cc(OC)c1OC. The van der Waals surface area contributed by atoms with E-state index in [1.165, 1.54) is 5.56 Å². The molecule has 0 atom stereocenters. The first-order chi connectivity index (χ1) is 17.5. The molecule has 3 aromatic rings. The highest BCUT2D eigenvalue weighted by atomic mass is 16.7. The van der Waals surface area contributed by atoms with Gasteiger partial charge in [0.25, 0.3) is 0 Å². The fraction of sp³-hybridized carbons (Fsp3) is 0.345. The summed E-state index contributed by atoms with van der Waals surface area (Å²) in [6, 6.07) is 20.2. The summed E-state index contributed by atoms with van der Waals surface area (Å²) in [7, 11) is 4.69. The fourth-order valence-corrected chi connectivity index (χ4v) is 4.91. The van der Waals surface area contributed by atoms with Crippen LogP contribution < -0.4 is 18.9 Å². The van der Waals surface area contributed by atoms with Crippen LogP contribution in [0.25, 0.3) is 11.1 Å². The molecule has 1 spiro atoms. The first kappa shape index (κ1) is 24.0. The van der Waals surface area contributed by atoms with Crippen LogP contribution in [0.2, 0.25) is 0 Å². The van der Waals surface area contributed by atoms with Crippen molar-refractivity contribution < 1.29 is 28.5 Å². The molecule has 0 N–H and O–H groups in total. The Bertz CT molecular complexity index is 1210. The van der Waals surface area contributed by atoms with Gasteiger partial charge in [-0.05, 0) is 41.0 Å². The summed E-state index contributed by atoms with van der Waals surface area (Å²) >= 11 is 0. The van der Waals surface area contributed by atoms with Crippen molar-refractivity contribution in [3.05, 3.63) is 71.8 Å². The summed E-state index contributed by atoms with van der Waals surface area (Å²) in [4.78, 5) is 15.0. The Morgan fingerprint density at radius 2 is 1.58 bits per heavy atom. The molecule has 0 bridgehead atoms. The van der Waals surface area contributed by atoms with Crippen molar-refractivity contribution in [2.45, 2.75) is 31.7 Å². The Morgan fingerprint density at radius 3 is 2.22 bits per heavy atom. The van der Waals surface area contributed by atoms with Gasteiger partial charge >= 0.3 is 0 Å². The normalized spacial score (nSPS) is 16.1. The van der Waals surface area contributed by atoms with Crippen LogP contribution in [0.15, 0.2) is 60.7 Å². The highest BCUT2D eigenvalue weighted by Gasteiger charge is 2.42. The van der Waals surface area contributed by atoms with E-state index in [0.29, 0.717) is 49.8 Å². The molecule has 188 valence electrons. The minimum Gasteiger partial charge on any atom is -0.493 e. The molecule has 3 aromatic carbocycles. The van der Waals surface area contributed by atoms with E-state index in [-0.39, 0.29) is 12.3 Å². The Kier molecular flexibility index (Phi) is 6.74. The van der Waals surface area contributed by atoms with Gasteiger partial charge < -0.3 is 28.6 Å². The first-order valence-corrected chi connectivity index (χ1v) is 12.1. The maximum atomic E-state index is 13.1. The number of piperidine rings is 1. The third-order valence-electron chi connectivity index (χ3n) is 6.91. The molecule has 2 aliphatic heterocycles. The van der Waals surface area contributed by atoms with Crippen molar-refractivity contribution in [1.82, 2.24) is 4.90 Å². The van der Waals surface area contributed by atoms with Crippen LogP contribution in [0.4, 0.5) is 0 Å². The molecule has 1 saturated heterocycles. The lowest BCUT2D eigenvalue weighted by Gasteiger charge is -2.44. The number of likely N-dealkylation sites (tertiary alicyclic amines) is 1. The van der Waals surface area contributed by atoms with Crippen molar-refractivity contribution in [3.8, 4) is 34.1 Å². The summed E-state index contributed by atoms with van der Waals surface area (Å²) in [5.74, 6) is 1.80. The largest absolute Gasteiger partial charge is 0.493 e. The van der Waals surface area contributed by atoms with Crippen LogP contribution in [0, 0.1) is 0 Å². The molecule has 2 aliphatic rings. The number of hydrogen-bond donors (Lipinski definition) is 0. The van der Waals surface area contributed by atoms with E-state index in [2.05, 4.69) is 24.3 Å². The lowest BCUT2D eigenvalue weighted by molar-refractivity contribution is -0.227. The summed E-state index contributed by atoms with van der Waals surface area (Å²) in [5.41, 5.74) is 4.16. The summed E-state index contributed by atoms with van der Waals surface area (Å²) in [6.45, 7) is 1.64. The van der Waals surface area contributed by atoms with Crippen LogP contribution in [0.3, 0.4) is 0 Å². The molecule has 0 unspecified atom stereocenters. The van der Waals surface area contributed by atoms with Crippen LogP contribution >= 0.6 is 0 Å². The number of carbonyl (C=O) groups is 1. The molecule has 0 aliphatic carbocycles. The number of nitrogens with zero attached hydrogens (tertiary/aromatic N) is 1. The van der Waals surface area contributed by atoms with Crippen molar-refractivity contribution >= 4 is 5.91 Å². The van der Waals surface area contributed by atoms with Gasteiger partial charge in [0, 0.05) is 31.5 Å². The minimum absolute atomic E-state index is 0.0443. The number of hydrogen-bond acceptors (Lipinski definition) is 6. The van der Waals surface area contributed by atoms with Gasteiger partial charge in [-0.3, -0.25) is 4.79 Å². The number of ether oxygens (including phenoxy) is 5. The van der Waals surface area contributed by atoms with E-state index in [9.17, 15) is 4.79 Å². The third-order valence-corrected chi connectivity index (χ3v) is 6.91. The highest BCUT2D eigenvalue weighted by Crippen LogP contribution is 2.40. The van der Waals surface area contributed by atoms with Crippen molar-refractivity contribution in [2.75, 3.05) is 34.4 Å². The average Bonchev–Trinajstić information content (AvgIpc) is 2.93. The number of rotatable bonds is 6. The fourth-order valence-electron chi connectivity index (χ4n) is 4.91. The van der Waals surface area contributed by atoms with Crippen LogP contribution in [0.1, 0.15) is 24.0 Å². The van der Waals surface area contributed by atoms with Crippen LogP contribution in [-0.2, 0) is 22.6 Å². The Morgan fingerprint density at radius 1 is 0.889 bits per heavy atom. The molecule has 1 fully saturated rings. The maximum absolute atomic E-state index is 13.1. The summed E-state index contributed by atoms with van der Waals surface area (Å²) < 4.78 is 28.8. The minimum atomic E-state index is -0.690. The molecule has 1 amide bonds. The summed E-state index contributed by atoms with van der Waals surface area (Å²) in [6.07, 6.45) is 1.48. The molecule has 5 rings (SSSR count). The van der Waals surface area contributed by atoms with Crippen LogP contribution in [0.5, 0.6) is 23.0 Å². The van der Waals surface area contributed by atoms with E-state index >= 15 is 0 Å². The predicted octanol–water partition coefficient (Wildman–Crippen LogP) is 4.85. The zero-order valence-electron chi connectivity index (χ0n) is 20.9. The predicted molar refractivity (Wildman–Crippen MR) is 136 cm³/mol. The molecule has 0 aromatic heterocycles. The van der Waals surface area contributed by atoms with Gasteiger partial charge in [-0.15, -0.1) is 0 Å². The number of benzene rings is 3. The highest BCUT2D eigenvalue weighted by molar-refractivity contribution is 5.79. The Labute approximate surface area is 211 Å². The van der Waals surface area contributed by atoms with Gasteiger partial charge in [-0.1, -0.05) is 36.4 Å². The molecule has 0 saturated carbocycles. The summed E-state index contributed by atoms with van der Waals surface area (Å²) in [5, 5.41) is 0. The molecule has 0 radical (unpaired) electrons. The van der Waals surface area contributed by atoms with E-state index in [0.717, 1.165) is 22.4 Å². The molecular formula is C29H31NO6. The van der Waals surface area contributed by atoms with Gasteiger partial charge in [0.15, 0.2) is 11.5 Å². The molecule has 2 heterocycles. The smallest absolute Gasteiger partial charge is 0.227 e. The monoisotopic (exact) mass is 489 g/mol. The van der Waals surface area contributed by atoms with Gasteiger partial charge in [0.2, 0.25) is 17.4 Å². The van der Waals surface area contributed by atoms with Crippen molar-refractivity contribution in [2.24, 2.45) is 0 Å². The Hall–Kier alpha value is -3.71. The zero-order valence-corrected chi connectivity index (χ0v) is 20.9. The van der Waals surface area contributed by atoms with E-state index in [1.54, 1.807) is 21.3 Å². The van der Waals surface area contributed by atoms with Crippen LogP contribution in [-0.4, -0.2) is 51.0 Å². The number of methoxy groups -OCH3 is 3. The second-order valence-electron chi connectivity index (χ2n) is 9.08. The lowest BCUT2D eigenvalue weighted by atomic mass is 9.98. The lowest BCUT2D eigenvalue weighted by Crippen LogP contribution is -2.52. The standard InChI is InChI=1S/C29H31NO6/c1-32-25-15-20(16-26(33-2)28(25)34-3)17-27(31)30-13-11-29(12-14-30)35-19-23-18-22(9-10-24(23)36-29)21-7-5-4-6-8-21/h4-10,15-16,18H,11-14,17,19H2,1-3H3. The van der Waals surface area contributed by atoms with E-state index in [4.69, 9.17) is 23.7 Å². The quantitative estimate of drug-likeness (QED) is 0.493. The number of fused-ring (bicyclic) bond motifs is 1. The Balaban J connectivity index is 1.23. The van der Waals surface area contributed by atoms with Gasteiger partial charge in [-0.2, -0.15) is 0 Å². The number of amides is 1. The first-order valence-electron chi connectivity index (χ1n) is 12.1. The van der Waals surface area contributed by atoms with E-state index in [1.807, 2.05) is 41.3 Å². The average molecular weight is 490 g/mol. The molecule has 7 nitrogen and oxygen atoms in total. The second kappa shape index (κ2) is 10.1. The van der Waals surface area contributed by atoms with Gasteiger partial charge in [0.1, 0.15) is 5.75 Å². The molecule has 36 heavy (non-hydrogen) atoms. The molecule has 7 heteroatoms. The topological polar surface area (TPSA) is 66.5 Å². The maximum Gasteiger partial charge on any atom is 0.227 e. The second-order valence-corrected chi connectivity index (χ2v) is 9.08. The van der Waals surface area contributed by atoms with Gasteiger partial charge in [-0.25, -0.2) is 0 Å². The third kappa shape index (κ3) is 4.71. The zero-order chi connectivity index (χ0) is 25.1. The van der Waals surface area contributed by atoms with Gasteiger partial charge in [0.05, 0.1) is 34.4 Å². The van der Waals surface area contributed by atoms with Crippen molar-refractivity contribution in [3.63, 3.8) is 0 Å². The number of carbonyl (C=O) groups excluding carboxylic acids is 1. The van der Waals surface area contributed by atoms with Crippen molar-refractivity contribution in [1.29, 1.82) is 0 Å². The molecular weight excluding hydrogens is 458 g/mol. The van der Waals surface area contributed by atoms with E-state index < -0.39 is 5.79 Å².